The van der Waals surface area contributed by atoms with E-state index in [1.807, 2.05) is 49.0 Å². The highest BCUT2D eigenvalue weighted by Crippen LogP contribution is 2.49. The minimum absolute atomic E-state index is 0.0336. The van der Waals surface area contributed by atoms with Gasteiger partial charge >= 0.3 is 0 Å². The number of imidazole rings is 1. The van der Waals surface area contributed by atoms with Crippen LogP contribution in [0.5, 0.6) is 0 Å². The standard InChI is InChI=1S/C32H33FN4O3S/c1-21-9-13-26(14-10-21)41(39,40)35-30-8-4-5-22-11-12-25(18-28(22)30)37(20-31-34-15-16-36(31)2)32(38)29-19-27(29)23-6-3-7-24(33)17-23/h3,6-7,9-18,27,29-30,35H,4-5,8,19-20H2,1-2H3/t27-,29+,30-/m1/s1. The lowest BCUT2D eigenvalue weighted by molar-refractivity contribution is -0.120. The molecule has 41 heavy (non-hydrogen) atoms. The normalized spacial score (nSPS) is 19.9. The molecule has 0 unspecified atom stereocenters. The van der Waals surface area contributed by atoms with Crippen LogP contribution in [0.15, 0.2) is 84.0 Å². The number of nitrogens with zero attached hydrogens (tertiary/aromatic N) is 3. The van der Waals surface area contributed by atoms with E-state index in [2.05, 4.69) is 9.71 Å². The number of benzene rings is 3. The summed E-state index contributed by atoms with van der Waals surface area (Å²) in [5.74, 6) is 0.0856. The molecule has 4 aromatic rings. The van der Waals surface area contributed by atoms with Crippen LogP contribution in [-0.4, -0.2) is 23.9 Å². The van der Waals surface area contributed by atoms with Gasteiger partial charge in [0.15, 0.2) is 0 Å². The molecule has 1 amide bonds. The lowest BCUT2D eigenvalue weighted by atomic mass is 9.87. The van der Waals surface area contributed by atoms with Gasteiger partial charge in [0.05, 0.1) is 11.4 Å². The number of anilines is 1. The number of rotatable bonds is 8. The summed E-state index contributed by atoms with van der Waals surface area (Å²) in [6, 6.07) is 18.8. The third kappa shape index (κ3) is 5.69. The van der Waals surface area contributed by atoms with Crippen molar-refractivity contribution in [1.82, 2.24) is 14.3 Å². The summed E-state index contributed by atoms with van der Waals surface area (Å²) in [6.45, 7) is 2.19. The Balaban J connectivity index is 1.31. The Hall–Kier alpha value is -3.82. The fourth-order valence-corrected chi connectivity index (χ4v) is 7.06. The van der Waals surface area contributed by atoms with E-state index in [9.17, 15) is 17.6 Å². The number of fused-ring (bicyclic) bond motifs is 1. The van der Waals surface area contributed by atoms with Crippen molar-refractivity contribution < 1.29 is 17.6 Å². The Labute approximate surface area is 240 Å². The molecular formula is C32H33FN4O3S. The number of aromatic nitrogens is 2. The van der Waals surface area contributed by atoms with E-state index in [-0.39, 0.29) is 35.0 Å². The summed E-state index contributed by atoms with van der Waals surface area (Å²) in [5, 5.41) is 0. The number of hydrogen-bond donors (Lipinski definition) is 1. The summed E-state index contributed by atoms with van der Waals surface area (Å²) in [5.41, 5.74) is 4.48. The molecule has 1 N–H and O–H groups in total. The number of carbonyl (C=O) groups is 1. The van der Waals surface area contributed by atoms with Crippen molar-refractivity contribution in [3.63, 3.8) is 0 Å². The monoisotopic (exact) mass is 572 g/mol. The number of amides is 1. The van der Waals surface area contributed by atoms with E-state index in [0.717, 1.165) is 40.9 Å². The van der Waals surface area contributed by atoms with Crippen LogP contribution < -0.4 is 9.62 Å². The van der Waals surface area contributed by atoms with E-state index in [4.69, 9.17) is 0 Å². The Kier molecular flexibility index (Phi) is 7.25. The molecule has 2 aliphatic rings. The van der Waals surface area contributed by atoms with Crippen molar-refractivity contribution in [3.8, 4) is 0 Å². The zero-order valence-electron chi connectivity index (χ0n) is 23.1. The topological polar surface area (TPSA) is 84.3 Å². The first kappa shape index (κ1) is 27.4. The summed E-state index contributed by atoms with van der Waals surface area (Å²) in [7, 11) is -1.85. The predicted molar refractivity (Wildman–Crippen MR) is 155 cm³/mol. The van der Waals surface area contributed by atoms with Gasteiger partial charge in [0.2, 0.25) is 15.9 Å². The van der Waals surface area contributed by atoms with Gasteiger partial charge in [-0.05, 0) is 91.6 Å². The first-order chi connectivity index (χ1) is 19.7. The molecule has 1 saturated carbocycles. The van der Waals surface area contributed by atoms with Crippen LogP contribution in [0.4, 0.5) is 10.1 Å². The molecule has 0 radical (unpaired) electrons. The zero-order chi connectivity index (χ0) is 28.7. The van der Waals surface area contributed by atoms with Gasteiger partial charge < -0.3 is 9.47 Å². The zero-order valence-corrected chi connectivity index (χ0v) is 23.9. The highest BCUT2D eigenvalue weighted by molar-refractivity contribution is 7.89. The van der Waals surface area contributed by atoms with Gasteiger partial charge in [-0.1, -0.05) is 35.9 Å². The van der Waals surface area contributed by atoms with Gasteiger partial charge in [-0.3, -0.25) is 4.79 Å². The number of hydrogen-bond acceptors (Lipinski definition) is 4. The fraction of sp³-hybridized carbons (Fsp3) is 0.312. The van der Waals surface area contributed by atoms with Crippen molar-refractivity contribution in [1.29, 1.82) is 0 Å². The molecule has 0 spiro atoms. The van der Waals surface area contributed by atoms with Gasteiger partial charge in [0.25, 0.3) is 0 Å². The number of sulfonamides is 1. The second-order valence-electron chi connectivity index (χ2n) is 11.1. The molecule has 1 aromatic heterocycles. The lowest BCUT2D eigenvalue weighted by Crippen LogP contribution is -2.34. The van der Waals surface area contributed by atoms with Crippen LogP contribution in [-0.2, 0) is 34.8 Å². The maximum atomic E-state index is 14.0. The van der Waals surface area contributed by atoms with Gasteiger partial charge in [-0.15, -0.1) is 0 Å². The summed E-state index contributed by atoms with van der Waals surface area (Å²) in [4.78, 5) is 20.4. The summed E-state index contributed by atoms with van der Waals surface area (Å²) < 4.78 is 45.2. The maximum absolute atomic E-state index is 14.0. The first-order valence-electron chi connectivity index (χ1n) is 13.9. The van der Waals surface area contributed by atoms with Crippen LogP contribution in [0, 0.1) is 18.7 Å². The van der Waals surface area contributed by atoms with Gasteiger partial charge in [-0.2, -0.15) is 0 Å². The van der Waals surface area contributed by atoms with Crippen molar-refractivity contribution >= 4 is 21.6 Å². The van der Waals surface area contributed by atoms with Crippen LogP contribution >= 0.6 is 0 Å². The average molecular weight is 573 g/mol. The molecule has 0 bridgehead atoms. The van der Waals surface area contributed by atoms with Crippen molar-refractivity contribution in [2.45, 2.75) is 56.0 Å². The van der Waals surface area contributed by atoms with Crippen LogP contribution in [0.1, 0.15) is 59.3 Å². The molecule has 0 saturated heterocycles. The lowest BCUT2D eigenvalue weighted by Gasteiger charge is -2.29. The van der Waals surface area contributed by atoms with E-state index in [1.54, 1.807) is 41.4 Å². The molecule has 9 heteroatoms. The number of nitrogens with one attached hydrogen (secondary N) is 1. The maximum Gasteiger partial charge on any atom is 0.241 e. The largest absolute Gasteiger partial charge is 0.337 e. The Morgan fingerprint density at radius 1 is 1.12 bits per heavy atom. The third-order valence-electron chi connectivity index (χ3n) is 8.26. The minimum Gasteiger partial charge on any atom is -0.337 e. The molecule has 212 valence electrons. The van der Waals surface area contributed by atoms with Crippen molar-refractivity contribution in [2.75, 3.05) is 4.90 Å². The molecule has 2 aliphatic carbocycles. The SMILES string of the molecule is Cc1ccc(S(=O)(=O)N[C@@H]2CCCc3ccc(N(Cc4nccn4C)C(=O)[C@H]4C[C@@H]4c4cccc(F)c4)cc32)cc1. The van der Waals surface area contributed by atoms with Gasteiger partial charge in [0, 0.05) is 37.1 Å². The van der Waals surface area contributed by atoms with Crippen molar-refractivity contribution in [2.24, 2.45) is 13.0 Å². The first-order valence-corrected chi connectivity index (χ1v) is 15.4. The molecule has 0 aliphatic heterocycles. The predicted octanol–water partition coefficient (Wildman–Crippen LogP) is 5.56. The highest BCUT2D eigenvalue weighted by atomic mass is 32.2. The second-order valence-corrected chi connectivity index (χ2v) is 12.9. The molecule has 7 nitrogen and oxygen atoms in total. The highest BCUT2D eigenvalue weighted by Gasteiger charge is 2.46. The van der Waals surface area contributed by atoms with Crippen LogP contribution in [0.3, 0.4) is 0 Å². The molecule has 6 rings (SSSR count). The molecule has 3 atom stereocenters. The minimum atomic E-state index is -3.73. The molecular weight excluding hydrogens is 539 g/mol. The molecule has 3 aromatic carbocycles. The quantitative estimate of drug-likeness (QED) is 0.300. The fourth-order valence-electron chi connectivity index (χ4n) is 5.81. The third-order valence-corrected chi connectivity index (χ3v) is 9.74. The Morgan fingerprint density at radius 2 is 1.93 bits per heavy atom. The summed E-state index contributed by atoms with van der Waals surface area (Å²) in [6.07, 6.45) is 6.57. The van der Waals surface area contributed by atoms with E-state index < -0.39 is 16.1 Å². The molecule has 1 fully saturated rings. The number of carbonyl (C=O) groups excluding carboxylic acids is 1. The number of aryl methyl sites for hydroxylation is 3. The van der Waals surface area contributed by atoms with E-state index >= 15 is 0 Å². The molecule has 1 heterocycles. The van der Waals surface area contributed by atoms with Gasteiger partial charge in [-0.25, -0.2) is 22.5 Å². The Morgan fingerprint density at radius 3 is 2.66 bits per heavy atom. The average Bonchev–Trinajstić information content (AvgIpc) is 3.66. The van der Waals surface area contributed by atoms with Crippen molar-refractivity contribution in [3.05, 3.63) is 113 Å². The smallest absolute Gasteiger partial charge is 0.241 e. The number of halogens is 1. The second kappa shape index (κ2) is 10.9. The van der Waals surface area contributed by atoms with Crippen LogP contribution in [0.2, 0.25) is 0 Å². The van der Waals surface area contributed by atoms with E-state index in [0.29, 0.717) is 18.5 Å². The summed E-state index contributed by atoms with van der Waals surface area (Å²) >= 11 is 0. The Bertz CT molecular complexity index is 1700. The van der Waals surface area contributed by atoms with Gasteiger partial charge in [0.1, 0.15) is 11.6 Å². The van der Waals surface area contributed by atoms with E-state index in [1.165, 1.54) is 12.1 Å². The van der Waals surface area contributed by atoms with Crippen LogP contribution in [0.25, 0.3) is 0 Å².